The number of nitrogens with one attached hydrogen (secondary N) is 1. The molecule has 9 heteroatoms. The molecule has 202 valence electrons. The minimum atomic E-state index is -2.00. The van der Waals surface area contributed by atoms with E-state index in [1.807, 2.05) is 0 Å². The van der Waals surface area contributed by atoms with Crippen LogP contribution < -0.4 is 5.32 Å². The number of ether oxygens (including phenoxy) is 2. The van der Waals surface area contributed by atoms with Crippen molar-refractivity contribution in [2.75, 3.05) is 46.8 Å². The monoisotopic (exact) mass is 515 g/mol. The van der Waals surface area contributed by atoms with Crippen molar-refractivity contribution < 1.29 is 31.6 Å². The van der Waals surface area contributed by atoms with Gasteiger partial charge in [0.2, 0.25) is 0 Å². The predicted octanol–water partition coefficient (Wildman–Crippen LogP) is 5.18. The van der Waals surface area contributed by atoms with E-state index in [9.17, 15) is 9.59 Å². The van der Waals surface area contributed by atoms with Crippen LogP contribution in [-0.2, 0) is 26.8 Å². The predicted molar refractivity (Wildman–Crippen MR) is 136 cm³/mol. The van der Waals surface area contributed by atoms with Gasteiger partial charge in [-0.05, 0) is 69.1 Å². The van der Waals surface area contributed by atoms with E-state index in [2.05, 4.69) is 25.7 Å². The number of carbonyl (C=O) groups excluding carboxylic acids is 2. The van der Waals surface area contributed by atoms with Gasteiger partial charge in [-0.25, -0.2) is 9.59 Å². The Hall–Kier alpha value is -1.29. The smallest absolute Gasteiger partial charge is 0.407 e. The fourth-order valence-corrected chi connectivity index (χ4v) is 8.27. The van der Waals surface area contributed by atoms with E-state index in [0.717, 1.165) is 25.7 Å². The molecule has 2 bridgehead atoms. The fourth-order valence-electron chi connectivity index (χ4n) is 6.86. The van der Waals surface area contributed by atoms with Crippen molar-refractivity contribution in [2.24, 2.45) is 34.5 Å². The van der Waals surface area contributed by atoms with Crippen LogP contribution in [0.15, 0.2) is 12.2 Å². The third-order valence-electron chi connectivity index (χ3n) is 8.70. The largest absolute Gasteiger partial charge is 0.462 e. The van der Waals surface area contributed by atoms with Crippen molar-refractivity contribution in [3.63, 3.8) is 0 Å². The van der Waals surface area contributed by atoms with Gasteiger partial charge in [-0.1, -0.05) is 20.4 Å². The number of hydrogen-bond acceptors (Lipinski definition) is 7. The van der Waals surface area contributed by atoms with Crippen LogP contribution in [0.5, 0.6) is 0 Å². The second-order valence-electron chi connectivity index (χ2n) is 11.3. The summed E-state index contributed by atoms with van der Waals surface area (Å²) in [6.45, 7) is 11.3. The molecular weight excluding hydrogens is 470 g/mol. The maximum Gasteiger partial charge on any atom is 0.407 e. The standard InChI is InChI=1S/C26H45NO7S/c1-18(2)23(28)33-16-25(3)10-9-20-21(15-25)19-13-22(20)26(4,14-19)17-34-24(29)27-11-8-12-35(30-5,31-6)32-7/h19-22H,1,8-17H2,2-7H3,(H,27,29). The Morgan fingerprint density at radius 3 is 2.34 bits per heavy atom. The third-order valence-corrected chi connectivity index (χ3v) is 11.0. The van der Waals surface area contributed by atoms with E-state index < -0.39 is 10.9 Å². The van der Waals surface area contributed by atoms with Gasteiger partial charge in [-0.2, -0.15) is 0 Å². The summed E-state index contributed by atoms with van der Waals surface area (Å²) < 4.78 is 27.3. The van der Waals surface area contributed by atoms with Crippen LogP contribution in [0.4, 0.5) is 4.79 Å². The number of alkyl carbamates (subject to hydrolysis) is 1. The van der Waals surface area contributed by atoms with E-state index in [4.69, 9.17) is 22.0 Å². The molecule has 0 aliphatic heterocycles. The number of esters is 1. The number of carbonyl (C=O) groups is 2. The molecule has 3 aliphatic rings. The molecule has 3 rings (SSSR count). The zero-order valence-corrected chi connectivity index (χ0v) is 23.2. The van der Waals surface area contributed by atoms with Crippen molar-refractivity contribution >= 4 is 22.9 Å². The van der Waals surface area contributed by atoms with Crippen LogP contribution in [0.2, 0.25) is 0 Å². The van der Waals surface area contributed by atoms with Gasteiger partial charge in [0.1, 0.15) is 0 Å². The molecule has 6 unspecified atom stereocenters. The summed E-state index contributed by atoms with van der Waals surface area (Å²) in [5.74, 6) is 2.87. The lowest BCUT2D eigenvalue weighted by Gasteiger charge is -2.49. The van der Waals surface area contributed by atoms with Crippen molar-refractivity contribution in [1.82, 2.24) is 5.32 Å². The molecule has 1 N–H and O–H groups in total. The number of fused-ring (bicyclic) bond motifs is 5. The minimum Gasteiger partial charge on any atom is -0.462 e. The quantitative estimate of drug-likeness (QED) is 0.217. The van der Waals surface area contributed by atoms with E-state index >= 15 is 0 Å². The van der Waals surface area contributed by atoms with Crippen LogP contribution in [0, 0.1) is 34.5 Å². The molecule has 35 heavy (non-hydrogen) atoms. The van der Waals surface area contributed by atoms with Gasteiger partial charge >= 0.3 is 12.1 Å². The van der Waals surface area contributed by atoms with Crippen molar-refractivity contribution in [2.45, 2.75) is 59.3 Å². The van der Waals surface area contributed by atoms with Gasteiger partial charge in [0, 0.05) is 28.7 Å². The average Bonchev–Trinajstić information content (AvgIpc) is 3.37. The highest BCUT2D eigenvalue weighted by Crippen LogP contribution is 2.66. The molecule has 0 aromatic carbocycles. The molecule has 0 aromatic heterocycles. The lowest BCUT2D eigenvalue weighted by molar-refractivity contribution is -0.144. The molecule has 0 aromatic rings. The summed E-state index contributed by atoms with van der Waals surface area (Å²) in [6.07, 6.45) is 5.93. The summed E-state index contributed by atoms with van der Waals surface area (Å²) in [4.78, 5) is 24.2. The molecule has 0 heterocycles. The highest BCUT2D eigenvalue weighted by Gasteiger charge is 2.60. The van der Waals surface area contributed by atoms with Crippen LogP contribution >= 0.6 is 10.9 Å². The van der Waals surface area contributed by atoms with Crippen molar-refractivity contribution in [1.29, 1.82) is 0 Å². The second kappa shape index (κ2) is 11.4. The first-order valence-corrected chi connectivity index (χ1v) is 14.3. The Balaban J connectivity index is 1.43. The molecular formula is C26H45NO7S. The third kappa shape index (κ3) is 6.35. The summed E-state index contributed by atoms with van der Waals surface area (Å²) in [6, 6.07) is 0. The van der Waals surface area contributed by atoms with Crippen LogP contribution in [0.25, 0.3) is 0 Å². The molecule has 3 fully saturated rings. The summed E-state index contributed by atoms with van der Waals surface area (Å²) >= 11 is 0. The zero-order chi connectivity index (χ0) is 25.9. The Bertz CT molecular complexity index is 779. The SMILES string of the molecule is C=C(C)C(=O)OCC1(C)CCC2C(C1)C1CC2C(C)(COC(=O)NCCCS(OC)(OC)OC)C1. The molecule has 0 saturated heterocycles. The van der Waals surface area contributed by atoms with Crippen LogP contribution in [0.3, 0.4) is 0 Å². The number of amides is 1. The number of rotatable bonds is 12. The van der Waals surface area contributed by atoms with E-state index in [0.29, 0.717) is 61.2 Å². The summed E-state index contributed by atoms with van der Waals surface area (Å²) in [7, 11) is 2.69. The van der Waals surface area contributed by atoms with Crippen LogP contribution in [-0.4, -0.2) is 58.9 Å². The fraction of sp³-hybridized carbons (Fsp3) is 0.846. The lowest BCUT2D eigenvalue weighted by Crippen LogP contribution is -2.45. The molecule has 3 aliphatic carbocycles. The van der Waals surface area contributed by atoms with E-state index in [1.165, 1.54) is 6.42 Å². The molecule has 1 amide bonds. The zero-order valence-electron chi connectivity index (χ0n) is 22.4. The Morgan fingerprint density at radius 1 is 1.03 bits per heavy atom. The summed E-state index contributed by atoms with van der Waals surface area (Å²) in [5.41, 5.74) is 0.526. The Kier molecular flexibility index (Phi) is 9.21. The number of hydrogen-bond donors (Lipinski definition) is 1. The van der Waals surface area contributed by atoms with Gasteiger partial charge in [-0.15, -0.1) is 0 Å². The Morgan fingerprint density at radius 2 is 1.71 bits per heavy atom. The molecule has 8 nitrogen and oxygen atoms in total. The topological polar surface area (TPSA) is 92.3 Å². The average molecular weight is 516 g/mol. The second-order valence-corrected chi connectivity index (χ2v) is 13.8. The van der Waals surface area contributed by atoms with Gasteiger partial charge in [-0.3, -0.25) is 12.5 Å². The maximum atomic E-state index is 12.4. The first kappa shape index (κ1) is 28.3. The van der Waals surface area contributed by atoms with Gasteiger partial charge in [0.15, 0.2) is 0 Å². The maximum absolute atomic E-state index is 12.4. The molecule has 3 saturated carbocycles. The Labute approximate surface area is 212 Å². The molecule has 6 atom stereocenters. The van der Waals surface area contributed by atoms with Crippen molar-refractivity contribution in [3.05, 3.63) is 12.2 Å². The van der Waals surface area contributed by atoms with E-state index in [-0.39, 0.29) is 22.9 Å². The first-order chi connectivity index (χ1) is 16.5. The minimum absolute atomic E-state index is 0.0325. The van der Waals surface area contributed by atoms with E-state index in [1.54, 1.807) is 28.3 Å². The molecule has 0 radical (unpaired) electrons. The van der Waals surface area contributed by atoms with Gasteiger partial charge in [0.05, 0.1) is 45.4 Å². The van der Waals surface area contributed by atoms with Gasteiger partial charge in [0.25, 0.3) is 0 Å². The lowest BCUT2D eigenvalue weighted by atomic mass is 9.57. The van der Waals surface area contributed by atoms with Crippen molar-refractivity contribution in [3.8, 4) is 0 Å². The van der Waals surface area contributed by atoms with Crippen LogP contribution in [0.1, 0.15) is 59.3 Å². The summed E-state index contributed by atoms with van der Waals surface area (Å²) in [5, 5.41) is 2.85. The highest BCUT2D eigenvalue weighted by atomic mass is 32.3. The van der Waals surface area contributed by atoms with Gasteiger partial charge < -0.3 is 14.8 Å². The first-order valence-electron chi connectivity index (χ1n) is 12.7. The highest BCUT2D eigenvalue weighted by molar-refractivity contribution is 8.21. The molecule has 0 spiro atoms. The normalized spacial score (nSPS) is 34.2.